The normalized spacial score (nSPS) is 11.5. The number of nitrogens with zero attached hydrogens (tertiary/aromatic N) is 1. The Morgan fingerprint density at radius 1 is 1.06 bits per heavy atom. The number of hydrogen-bond acceptors (Lipinski definition) is 2. The number of anilines is 1. The second-order valence-corrected chi connectivity index (χ2v) is 7.68. The first-order chi connectivity index (χ1) is 15.0. The first-order valence-corrected chi connectivity index (χ1v) is 10.8. The molecule has 0 spiro atoms. The van der Waals surface area contributed by atoms with Crippen molar-refractivity contribution < 1.29 is 4.79 Å². The van der Waals surface area contributed by atoms with E-state index in [9.17, 15) is 4.79 Å². The van der Waals surface area contributed by atoms with Crippen molar-refractivity contribution in [3.8, 4) is 0 Å². The monoisotopic (exact) mass is 420 g/mol. The quantitative estimate of drug-likeness (QED) is 0.282. The van der Waals surface area contributed by atoms with Gasteiger partial charge in [-0.25, -0.2) is 9.79 Å². The zero-order valence-electron chi connectivity index (χ0n) is 18.5. The number of benzene rings is 2. The van der Waals surface area contributed by atoms with Crippen LogP contribution in [0.3, 0.4) is 0 Å². The molecule has 1 heterocycles. The topological polar surface area (TPSA) is 93.3 Å². The Morgan fingerprint density at radius 3 is 2.58 bits per heavy atom. The molecule has 0 aliphatic rings. The summed E-state index contributed by atoms with van der Waals surface area (Å²) in [5, 5.41) is 13.6. The number of aromatic amines is 1. The Bertz CT molecular complexity index is 1010. The highest BCUT2D eigenvalue weighted by Crippen LogP contribution is 2.17. The lowest BCUT2D eigenvalue weighted by Gasteiger charge is -2.12. The maximum atomic E-state index is 11.8. The van der Waals surface area contributed by atoms with Crippen molar-refractivity contribution in [2.24, 2.45) is 4.99 Å². The van der Waals surface area contributed by atoms with Crippen LogP contribution < -0.4 is 21.3 Å². The second-order valence-electron chi connectivity index (χ2n) is 7.68. The van der Waals surface area contributed by atoms with E-state index in [4.69, 9.17) is 0 Å². The number of para-hydroxylation sites is 1. The third-order valence-corrected chi connectivity index (χ3v) is 4.76. The van der Waals surface area contributed by atoms with Crippen LogP contribution in [0.5, 0.6) is 0 Å². The number of amides is 2. The fourth-order valence-corrected chi connectivity index (χ4v) is 3.29. The van der Waals surface area contributed by atoms with E-state index in [1.54, 1.807) is 0 Å². The molecule has 0 aliphatic heterocycles. The third-order valence-electron chi connectivity index (χ3n) is 4.76. The van der Waals surface area contributed by atoms with Gasteiger partial charge in [0.2, 0.25) is 0 Å². The summed E-state index contributed by atoms with van der Waals surface area (Å²) in [5.41, 5.74) is 4.29. The summed E-state index contributed by atoms with van der Waals surface area (Å²) in [5.74, 6) is 0.792. The molecule has 1 aromatic heterocycles. The van der Waals surface area contributed by atoms with E-state index in [2.05, 4.69) is 62.6 Å². The Morgan fingerprint density at radius 2 is 1.84 bits per heavy atom. The number of fused-ring (bicyclic) bond motifs is 1. The van der Waals surface area contributed by atoms with Gasteiger partial charge < -0.3 is 26.3 Å². The summed E-state index contributed by atoms with van der Waals surface area (Å²) in [6, 6.07) is 16.0. The molecule has 3 aromatic rings. The Hall–Kier alpha value is -3.48. The Labute approximate surface area is 183 Å². The van der Waals surface area contributed by atoms with Crippen LogP contribution in [0.2, 0.25) is 0 Å². The zero-order valence-corrected chi connectivity index (χ0v) is 18.5. The first-order valence-electron chi connectivity index (χ1n) is 10.8. The predicted octanol–water partition coefficient (Wildman–Crippen LogP) is 4.00. The molecule has 2 amide bonds. The number of hydrogen-bond donors (Lipinski definition) is 5. The number of nitrogens with one attached hydrogen (secondary N) is 5. The molecular weight excluding hydrogens is 388 g/mol. The predicted molar refractivity (Wildman–Crippen MR) is 129 cm³/mol. The van der Waals surface area contributed by atoms with Crippen LogP contribution in [-0.4, -0.2) is 36.1 Å². The smallest absolute Gasteiger partial charge is 0.319 e. The highest BCUT2D eigenvalue weighted by atomic mass is 16.2. The molecule has 0 unspecified atom stereocenters. The Kier molecular flexibility index (Phi) is 7.92. The van der Waals surface area contributed by atoms with Gasteiger partial charge in [-0.05, 0) is 56.5 Å². The van der Waals surface area contributed by atoms with E-state index in [-0.39, 0.29) is 12.1 Å². The molecule has 164 valence electrons. The summed E-state index contributed by atoms with van der Waals surface area (Å²) in [7, 11) is 0. The number of urea groups is 1. The highest BCUT2D eigenvalue weighted by molar-refractivity contribution is 5.89. The molecule has 3 rings (SSSR count). The number of guanidine groups is 1. The molecule has 0 radical (unpaired) electrons. The minimum atomic E-state index is -0.199. The number of rotatable bonds is 8. The van der Waals surface area contributed by atoms with Gasteiger partial charge >= 0.3 is 6.03 Å². The number of carbonyl (C=O) groups is 1. The summed E-state index contributed by atoms with van der Waals surface area (Å²) in [4.78, 5) is 19.8. The highest BCUT2D eigenvalue weighted by Gasteiger charge is 2.05. The van der Waals surface area contributed by atoms with Crippen LogP contribution in [0, 0.1) is 0 Å². The van der Waals surface area contributed by atoms with Crippen LogP contribution in [0.15, 0.2) is 59.7 Å². The van der Waals surface area contributed by atoms with Crippen molar-refractivity contribution >= 4 is 28.6 Å². The minimum Gasteiger partial charge on any atom is -0.361 e. The molecular formula is C24H32N6O. The van der Waals surface area contributed by atoms with Gasteiger partial charge in [-0.2, -0.15) is 0 Å². The van der Waals surface area contributed by atoms with Crippen molar-refractivity contribution in [2.45, 2.75) is 39.8 Å². The number of H-pyrrole nitrogens is 1. The molecule has 5 N–H and O–H groups in total. The van der Waals surface area contributed by atoms with Crippen LogP contribution in [0.4, 0.5) is 10.5 Å². The molecule has 7 nitrogen and oxygen atoms in total. The lowest BCUT2D eigenvalue weighted by Crippen LogP contribution is -2.38. The van der Waals surface area contributed by atoms with Crippen LogP contribution in [-0.2, 0) is 13.0 Å². The van der Waals surface area contributed by atoms with E-state index in [1.807, 2.05) is 44.2 Å². The van der Waals surface area contributed by atoms with Crippen molar-refractivity contribution in [2.75, 3.05) is 18.4 Å². The van der Waals surface area contributed by atoms with Gasteiger partial charge in [0.1, 0.15) is 0 Å². The standard InChI is InChI=1S/C24H32N6O/c1-4-25-23(26-14-13-19-16-27-22-8-6-5-7-21(19)22)28-15-18-9-11-20(12-10-18)30-24(31)29-17(2)3/h5-12,16-17,27H,4,13-15H2,1-3H3,(H2,25,26,28)(H2,29,30,31). The maximum absolute atomic E-state index is 11.8. The van der Waals surface area contributed by atoms with Crippen molar-refractivity contribution in [1.29, 1.82) is 0 Å². The van der Waals surface area contributed by atoms with Gasteiger partial charge in [-0.1, -0.05) is 30.3 Å². The summed E-state index contributed by atoms with van der Waals surface area (Å²) in [6.45, 7) is 8.06. The first kappa shape index (κ1) is 22.2. The van der Waals surface area contributed by atoms with Crippen molar-refractivity contribution in [3.05, 3.63) is 65.9 Å². The van der Waals surface area contributed by atoms with Gasteiger partial charge in [0.05, 0.1) is 6.54 Å². The van der Waals surface area contributed by atoms with Crippen LogP contribution in [0.1, 0.15) is 31.9 Å². The van der Waals surface area contributed by atoms with Gasteiger partial charge in [-0.15, -0.1) is 0 Å². The number of aliphatic imine (C=N–C) groups is 1. The zero-order chi connectivity index (χ0) is 22.1. The molecule has 0 saturated heterocycles. The molecule has 7 heteroatoms. The second kappa shape index (κ2) is 11.1. The summed E-state index contributed by atoms with van der Waals surface area (Å²) in [6.07, 6.45) is 2.99. The average molecular weight is 421 g/mol. The van der Waals surface area contributed by atoms with Gasteiger partial charge in [0.25, 0.3) is 0 Å². The largest absolute Gasteiger partial charge is 0.361 e. The average Bonchev–Trinajstić information content (AvgIpc) is 3.15. The Balaban J connectivity index is 1.52. The lowest BCUT2D eigenvalue weighted by molar-refractivity contribution is 0.250. The molecule has 0 fully saturated rings. The summed E-state index contributed by atoms with van der Waals surface area (Å²) >= 11 is 0. The minimum absolute atomic E-state index is 0.0987. The molecule has 0 bridgehead atoms. The third kappa shape index (κ3) is 6.77. The van der Waals surface area contributed by atoms with E-state index < -0.39 is 0 Å². The number of aromatic nitrogens is 1. The molecule has 0 saturated carbocycles. The molecule has 0 atom stereocenters. The van der Waals surface area contributed by atoms with Crippen LogP contribution >= 0.6 is 0 Å². The number of carbonyl (C=O) groups excluding carboxylic acids is 1. The molecule has 31 heavy (non-hydrogen) atoms. The van der Waals surface area contributed by atoms with E-state index >= 15 is 0 Å². The summed E-state index contributed by atoms with van der Waals surface area (Å²) < 4.78 is 0. The van der Waals surface area contributed by atoms with Crippen molar-refractivity contribution in [3.63, 3.8) is 0 Å². The van der Waals surface area contributed by atoms with E-state index in [0.29, 0.717) is 6.54 Å². The SMILES string of the molecule is CCNC(=NCc1ccc(NC(=O)NC(C)C)cc1)NCCc1c[nH]c2ccccc12. The van der Waals surface area contributed by atoms with Gasteiger partial charge in [-0.3, -0.25) is 0 Å². The van der Waals surface area contributed by atoms with Gasteiger partial charge in [0.15, 0.2) is 5.96 Å². The molecule has 2 aromatic carbocycles. The molecule has 0 aliphatic carbocycles. The van der Waals surface area contributed by atoms with Crippen molar-refractivity contribution in [1.82, 2.24) is 20.9 Å². The fourth-order valence-electron chi connectivity index (χ4n) is 3.29. The van der Waals surface area contributed by atoms with E-state index in [1.165, 1.54) is 10.9 Å². The fraction of sp³-hybridized carbons (Fsp3) is 0.333. The maximum Gasteiger partial charge on any atom is 0.319 e. The van der Waals surface area contributed by atoms with E-state index in [0.717, 1.165) is 42.2 Å². The lowest BCUT2D eigenvalue weighted by atomic mass is 10.1. The van der Waals surface area contributed by atoms with Gasteiger partial charge in [0, 0.05) is 41.9 Å². The van der Waals surface area contributed by atoms with Crippen LogP contribution in [0.25, 0.3) is 10.9 Å².